The van der Waals surface area contributed by atoms with Crippen molar-refractivity contribution in [1.29, 1.82) is 0 Å². The zero-order valence-electron chi connectivity index (χ0n) is 13.7. The van der Waals surface area contributed by atoms with Gasteiger partial charge in [-0.2, -0.15) is 0 Å². The highest BCUT2D eigenvalue weighted by Gasteiger charge is 2.57. The number of nitrogens with zero attached hydrogens (tertiary/aromatic N) is 2. The van der Waals surface area contributed by atoms with Crippen LogP contribution < -0.4 is 5.73 Å². The van der Waals surface area contributed by atoms with E-state index >= 15 is 0 Å². The largest absolute Gasteiger partial charge is 0.479 e. The summed E-state index contributed by atoms with van der Waals surface area (Å²) in [5, 5.41) is 10.3. The number of nitrogens with two attached hydrogens (primary N) is 1. The molecule has 0 aliphatic carbocycles. The average Bonchev–Trinajstić information content (AvgIpc) is 3.08. The molecule has 1 aromatic carbocycles. The predicted molar refractivity (Wildman–Crippen MR) is 95.2 cm³/mol. The van der Waals surface area contributed by atoms with Crippen LogP contribution in [0.1, 0.15) is 22.5 Å². The van der Waals surface area contributed by atoms with Gasteiger partial charge in [-0.3, -0.25) is 19.3 Å². The summed E-state index contributed by atoms with van der Waals surface area (Å²) in [6.07, 6.45) is 0.465. The van der Waals surface area contributed by atoms with Gasteiger partial charge in [-0.05, 0) is 29.8 Å². The van der Waals surface area contributed by atoms with Gasteiger partial charge in [0.1, 0.15) is 5.69 Å². The molecule has 2 aromatic rings. The summed E-state index contributed by atoms with van der Waals surface area (Å²) >= 11 is 11.8. The quantitative estimate of drug-likeness (QED) is 0.573. The number of amides is 3. The molecule has 140 valence electrons. The lowest BCUT2D eigenvalue weighted by atomic mass is 9.89. The monoisotopic (exact) mass is 409 g/mol. The second-order valence-corrected chi connectivity index (χ2v) is 6.83. The van der Waals surface area contributed by atoms with E-state index in [1.54, 1.807) is 6.07 Å². The molecule has 0 bridgehead atoms. The van der Waals surface area contributed by atoms with Crippen LogP contribution in [-0.4, -0.2) is 38.3 Å². The van der Waals surface area contributed by atoms with Crippen LogP contribution in [0.4, 0.5) is 0 Å². The van der Waals surface area contributed by atoms with E-state index in [0.717, 1.165) is 9.47 Å². The Morgan fingerprint density at radius 2 is 1.85 bits per heavy atom. The summed E-state index contributed by atoms with van der Waals surface area (Å²) in [5.41, 5.74) is 3.28. The van der Waals surface area contributed by atoms with Crippen molar-refractivity contribution in [2.24, 2.45) is 5.73 Å². The van der Waals surface area contributed by atoms with Crippen LogP contribution >= 0.6 is 23.2 Å². The molecule has 3 N–H and O–H groups in total. The number of hydrogen-bond acceptors (Lipinski definition) is 4. The number of fused-ring (bicyclic) bond motifs is 1. The molecule has 0 saturated heterocycles. The van der Waals surface area contributed by atoms with E-state index < -0.39 is 35.7 Å². The SMILES string of the molecule is NC(=O)CC1(C(=O)O)C(=O)N(Cc2ccc(Cl)c(Cl)c2)C(=O)c2cccn21. The lowest BCUT2D eigenvalue weighted by molar-refractivity contribution is -0.161. The van der Waals surface area contributed by atoms with Gasteiger partial charge in [0.2, 0.25) is 11.4 Å². The first kappa shape index (κ1) is 18.9. The average molecular weight is 410 g/mol. The third-order valence-corrected chi connectivity index (χ3v) is 5.07. The van der Waals surface area contributed by atoms with E-state index in [-0.39, 0.29) is 17.3 Å². The zero-order chi connectivity index (χ0) is 19.9. The molecule has 1 aromatic heterocycles. The van der Waals surface area contributed by atoms with E-state index in [2.05, 4.69) is 0 Å². The Bertz CT molecular complexity index is 987. The molecule has 8 nitrogen and oxygen atoms in total. The van der Waals surface area contributed by atoms with Crippen LogP contribution in [0.25, 0.3) is 0 Å². The van der Waals surface area contributed by atoms with Gasteiger partial charge < -0.3 is 15.4 Å². The van der Waals surface area contributed by atoms with E-state index in [1.165, 1.54) is 30.5 Å². The van der Waals surface area contributed by atoms with Crippen molar-refractivity contribution >= 4 is 46.9 Å². The summed E-state index contributed by atoms with van der Waals surface area (Å²) in [7, 11) is 0. The molecular formula is C17H13Cl2N3O5. The van der Waals surface area contributed by atoms with Gasteiger partial charge in [0, 0.05) is 6.20 Å². The number of benzene rings is 1. The molecule has 1 aliphatic rings. The number of rotatable bonds is 5. The Balaban J connectivity index is 2.12. The van der Waals surface area contributed by atoms with Crippen molar-refractivity contribution in [1.82, 2.24) is 9.47 Å². The van der Waals surface area contributed by atoms with Crippen molar-refractivity contribution < 1.29 is 24.3 Å². The number of aromatic nitrogens is 1. The standard InChI is InChI=1S/C17H13Cl2N3O5/c18-10-4-3-9(6-11(10)19)8-21-14(24)12-2-1-5-22(12)17(15(21)25,16(26)27)7-13(20)23/h1-6H,7-8H2,(H2,20,23)(H,26,27). The predicted octanol–water partition coefficient (Wildman–Crippen LogP) is 1.63. The molecule has 0 fully saturated rings. The number of carbonyl (C=O) groups is 4. The number of hydrogen-bond donors (Lipinski definition) is 2. The Morgan fingerprint density at radius 1 is 1.15 bits per heavy atom. The molecular weight excluding hydrogens is 397 g/mol. The van der Waals surface area contributed by atoms with Crippen molar-refractivity contribution in [3.63, 3.8) is 0 Å². The molecule has 2 heterocycles. The Kier molecular flexibility index (Phi) is 4.71. The maximum absolute atomic E-state index is 13.1. The Hall–Kier alpha value is -2.84. The van der Waals surface area contributed by atoms with E-state index in [0.29, 0.717) is 10.6 Å². The van der Waals surface area contributed by atoms with Gasteiger partial charge in [-0.15, -0.1) is 0 Å². The topological polar surface area (TPSA) is 123 Å². The third-order valence-electron chi connectivity index (χ3n) is 4.33. The Morgan fingerprint density at radius 3 is 2.44 bits per heavy atom. The highest BCUT2D eigenvalue weighted by molar-refractivity contribution is 6.42. The normalized spacial score (nSPS) is 19.1. The molecule has 0 spiro atoms. The number of carboxylic acids is 1. The van der Waals surface area contributed by atoms with Crippen molar-refractivity contribution in [3.05, 3.63) is 57.8 Å². The van der Waals surface area contributed by atoms with Gasteiger partial charge in [0.05, 0.1) is 23.0 Å². The first-order chi connectivity index (χ1) is 12.7. The molecule has 1 aliphatic heterocycles. The molecule has 1 atom stereocenters. The number of imide groups is 1. The number of carbonyl (C=O) groups excluding carboxylic acids is 3. The van der Waals surface area contributed by atoms with E-state index in [4.69, 9.17) is 28.9 Å². The fourth-order valence-corrected chi connectivity index (χ4v) is 3.41. The van der Waals surface area contributed by atoms with Gasteiger partial charge >= 0.3 is 5.97 Å². The fourth-order valence-electron chi connectivity index (χ4n) is 3.09. The minimum Gasteiger partial charge on any atom is -0.479 e. The number of carboxylic acid groups (broad SMARTS) is 1. The molecule has 3 rings (SSSR count). The maximum Gasteiger partial charge on any atom is 0.340 e. The van der Waals surface area contributed by atoms with Crippen LogP contribution in [0.15, 0.2) is 36.5 Å². The molecule has 1 unspecified atom stereocenters. The van der Waals surface area contributed by atoms with Gasteiger partial charge in [0.15, 0.2) is 0 Å². The molecule has 3 amide bonds. The van der Waals surface area contributed by atoms with Crippen LogP contribution in [0.3, 0.4) is 0 Å². The van der Waals surface area contributed by atoms with Crippen LogP contribution in [0, 0.1) is 0 Å². The molecule has 10 heteroatoms. The summed E-state index contributed by atoms with van der Waals surface area (Å²) in [6, 6.07) is 7.30. The number of halogens is 2. The third kappa shape index (κ3) is 2.96. The van der Waals surface area contributed by atoms with Crippen molar-refractivity contribution in [2.45, 2.75) is 18.5 Å². The summed E-state index contributed by atoms with van der Waals surface area (Å²) in [6.45, 7) is -0.243. The Labute approximate surface area is 163 Å². The van der Waals surface area contributed by atoms with E-state index in [9.17, 15) is 24.3 Å². The maximum atomic E-state index is 13.1. The van der Waals surface area contributed by atoms with Crippen LogP contribution in [0.2, 0.25) is 10.0 Å². The smallest absolute Gasteiger partial charge is 0.340 e. The molecule has 0 saturated carbocycles. The minimum atomic E-state index is -2.34. The number of primary amides is 1. The molecule has 27 heavy (non-hydrogen) atoms. The highest BCUT2D eigenvalue weighted by Crippen LogP contribution is 2.34. The summed E-state index contributed by atoms with van der Waals surface area (Å²) in [5.74, 6) is -4.34. The highest BCUT2D eigenvalue weighted by atomic mass is 35.5. The van der Waals surface area contributed by atoms with Crippen molar-refractivity contribution in [2.75, 3.05) is 0 Å². The van der Waals surface area contributed by atoms with Gasteiger partial charge in [-0.25, -0.2) is 4.79 Å². The van der Waals surface area contributed by atoms with Crippen molar-refractivity contribution in [3.8, 4) is 0 Å². The van der Waals surface area contributed by atoms with E-state index in [1.807, 2.05) is 0 Å². The fraction of sp³-hybridized carbons (Fsp3) is 0.176. The van der Waals surface area contributed by atoms with Gasteiger partial charge in [0.25, 0.3) is 11.8 Å². The zero-order valence-corrected chi connectivity index (χ0v) is 15.2. The minimum absolute atomic E-state index is 0.0432. The lowest BCUT2D eigenvalue weighted by Gasteiger charge is -2.39. The second kappa shape index (κ2) is 6.71. The first-order valence-electron chi connectivity index (χ1n) is 7.68. The number of aliphatic carboxylic acids is 1. The summed E-state index contributed by atoms with van der Waals surface area (Å²) in [4.78, 5) is 50.2. The van der Waals surface area contributed by atoms with Gasteiger partial charge in [-0.1, -0.05) is 29.3 Å². The first-order valence-corrected chi connectivity index (χ1v) is 8.44. The second-order valence-electron chi connectivity index (χ2n) is 6.02. The lowest BCUT2D eigenvalue weighted by Crippen LogP contribution is -2.62. The summed E-state index contributed by atoms with van der Waals surface area (Å²) < 4.78 is 0.982. The van der Waals surface area contributed by atoms with Crippen LogP contribution in [0.5, 0.6) is 0 Å². The molecule has 0 radical (unpaired) electrons. The van der Waals surface area contributed by atoms with Crippen LogP contribution in [-0.2, 0) is 26.5 Å².